The van der Waals surface area contributed by atoms with Crippen molar-refractivity contribution in [2.45, 2.75) is 60.7 Å². The van der Waals surface area contributed by atoms with E-state index in [-0.39, 0.29) is 5.02 Å². The van der Waals surface area contributed by atoms with E-state index in [1.54, 1.807) is 0 Å². The number of rotatable bonds is 7. The molecule has 0 aromatic heterocycles. The van der Waals surface area contributed by atoms with Gasteiger partial charge in [0.15, 0.2) is 0 Å². The van der Waals surface area contributed by atoms with Gasteiger partial charge in [0.2, 0.25) is 0 Å². The second-order valence-electron chi connectivity index (χ2n) is 7.84. The van der Waals surface area contributed by atoms with Crippen molar-refractivity contribution in [3.05, 3.63) is 34.9 Å². The molecule has 1 N–H and O–H groups in total. The summed E-state index contributed by atoms with van der Waals surface area (Å²) < 4.78 is 176. The van der Waals surface area contributed by atoms with Crippen LogP contribution in [0.15, 0.2) is 24.3 Å². The molecule has 0 heterocycles. The van der Waals surface area contributed by atoms with Crippen molar-refractivity contribution in [3.63, 3.8) is 0 Å². The van der Waals surface area contributed by atoms with Gasteiger partial charge in [0.05, 0.1) is 8.07 Å². The van der Waals surface area contributed by atoms with E-state index in [9.17, 15) is 62.2 Å². The van der Waals surface area contributed by atoms with Gasteiger partial charge in [-0.25, -0.2) is 0 Å². The van der Waals surface area contributed by atoms with Gasteiger partial charge < -0.3 is 5.11 Å². The van der Waals surface area contributed by atoms with Crippen molar-refractivity contribution < 1.29 is 62.2 Å². The topological polar surface area (TPSA) is 20.2 Å². The monoisotopic (exact) mass is 532 g/mol. The lowest BCUT2D eigenvalue weighted by atomic mass is 9.88. The number of alkyl halides is 13. The van der Waals surface area contributed by atoms with Crippen LogP contribution >= 0.6 is 11.6 Å². The number of benzene rings is 1. The largest absolute Gasteiger partial charge is 0.460 e. The molecule has 0 bridgehead atoms. The molecule has 0 aliphatic carbocycles. The zero-order chi connectivity index (χ0) is 26.0. The number of aliphatic hydroxyl groups is 1. The maximum Gasteiger partial charge on any atom is 0.460 e. The minimum Gasteiger partial charge on any atom is -0.382 e. The summed E-state index contributed by atoms with van der Waals surface area (Å²) in [4.78, 5) is 0. The Bertz CT molecular complexity index is 830. The van der Waals surface area contributed by atoms with E-state index < -0.39 is 54.7 Å². The Balaban J connectivity index is 3.89. The molecule has 1 atom stereocenters. The highest BCUT2D eigenvalue weighted by Gasteiger charge is 2.93. The first-order chi connectivity index (χ1) is 13.7. The van der Waals surface area contributed by atoms with Crippen LogP contribution in [0.25, 0.3) is 0 Å². The third-order valence-corrected chi connectivity index (χ3v) is 7.76. The van der Waals surface area contributed by atoms with E-state index in [0.29, 0.717) is 31.8 Å². The molecule has 1 aromatic carbocycles. The van der Waals surface area contributed by atoms with Crippen molar-refractivity contribution in [2.75, 3.05) is 0 Å². The summed E-state index contributed by atoms with van der Waals surface area (Å²) in [5.41, 5.74) is -1.23. The molecule has 1 nitrogen and oxygen atoms in total. The average Bonchev–Trinajstić information content (AvgIpc) is 2.58. The Morgan fingerprint density at radius 1 is 0.594 bits per heavy atom. The first-order valence-corrected chi connectivity index (χ1v) is 12.1. The Morgan fingerprint density at radius 3 is 1.22 bits per heavy atom. The van der Waals surface area contributed by atoms with Crippen LogP contribution in [0, 0.1) is 0 Å². The van der Waals surface area contributed by atoms with Gasteiger partial charge in [-0.05, 0) is 17.7 Å². The minimum absolute atomic E-state index is 0.219. The van der Waals surface area contributed by atoms with Crippen LogP contribution in [-0.2, 0) is 5.22 Å². The Labute approximate surface area is 178 Å². The molecular formula is C16H14ClF13OSi. The summed E-state index contributed by atoms with van der Waals surface area (Å²) in [6.45, 7) is 2.14. The predicted octanol–water partition coefficient (Wildman–Crippen LogP) is 7.14. The van der Waals surface area contributed by atoms with E-state index in [2.05, 4.69) is 0 Å². The fourth-order valence-electron chi connectivity index (χ4n) is 2.77. The lowest BCUT2D eigenvalue weighted by molar-refractivity contribution is -0.447. The molecule has 0 amide bonds. The number of halogens is 14. The fourth-order valence-corrected chi connectivity index (χ4v) is 5.03. The summed E-state index contributed by atoms with van der Waals surface area (Å²) in [6, 6.07) is 2.40. The second kappa shape index (κ2) is 7.65. The summed E-state index contributed by atoms with van der Waals surface area (Å²) in [6.07, 6.45) is -7.50. The fraction of sp³-hybridized carbons (Fsp3) is 0.625. The van der Waals surface area contributed by atoms with Crippen molar-refractivity contribution >= 4 is 19.7 Å². The zero-order valence-electron chi connectivity index (χ0n) is 16.0. The molecule has 0 fully saturated rings. The van der Waals surface area contributed by atoms with E-state index in [0.717, 1.165) is 12.1 Å². The first-order valence-electron chi connectivity index (χ1n) is 8.19. The molecule has 0 saturated heterocycles. The average molecular weight is 533 g/mol. The summed E-state index contributed by atoms with van der Waals surface area (Å²) in [7, 11) is -4.34. The van der Waals surface area contributed by atoms with Gasteiger partial charge in [-0.15, -0.1) is 0 Å². The van der Waals surface area contributed by atoms with Gasteiger partial charge in [0.1, 0.15) is 5.22 Å². The molecule has 16 heteroatoms. The smallest absolute Gasteiger partial charge is 0.382 e. The van der Waals surface area contributed by atoms with Gasteiger partial charge in [-0.1, -0.05) is 43.4 Å². The molecule has 1 aromatic rings. The number of hydrogen-bond acceptors (Lipinski definition) is 1. The standard InChI is InChI=1S/C16H14ClF13OSi/c1-32(2,3)10(31,8-4-6-9(17)7-5-8)11(18,19)12(20,21)13(22,23)14(24,25)15(26,27)16(28,29)30/h4-7,31H,1-3H3. The molecule has 1 unspecified atom stereocenters. The zero-order valence-corrected chi connectivity index (χ0v) is 17.8. The molecule has 0 aliphatic heterocycles. The maximum atomic E-state index is 14.9. The van der Waals surface area contributed by atoms with E-state index in [1.807, 2.05) is 0 Å². The van der Waals surface area contributed by atoms with Gasteiger partial charge >= 0.3 is 35.8 Å². The lowest BCUT2D eigenvalue weighted by Crippen LogP contribution is -2.76. The predicted molar refractivity (Wildman–Crippen MR) is 89.5 cm³/mol. The SMILES string of the molecule is C[Si](C)(C)C(O)(c1ccc(Cl)cc1)C(F)(F)C(F)(F)C(F)(F)C(F)(F)C(F)(F)C(F)(F)F. The maximum absolute atomic E-state index is 14.9. The van der Waals surface area contributed by atoms with Crippen molar-refractivity contribution in [1.29, 1.82) is 0 Å². The van der Waals surface area contributed by atoms with Crippen LogP contribution in [0.5, 0.6) is 0 Å². The Kier molecular flexibility index (Phi) is 6.89. The van der Waals surface area contributed by atoms with Crippen LogP contribution in [0.4, 0.5) is 57.1 Å². The normalized spacial score (nSPS) is 17.3. The molecule has 186 valence electrons. The molecular weight excluding hydrogens is 519 g/mol. The quantitative estimate of drug-likeness (QED) is 0.292. The van der Waals surface area contributed by atoms with Gasteiger partial charge in [0.25, 0.3) is 0 Å². The molecule has 0 aliphatic rings. The lowest BCUT2D eigenvalue weighted by Gasteiger charge is -2.49. The van der Waals surface area contributed by atoms with Crippen LogP contribution in [0.3, 0.4) is 0 Å². The highest BCUT2D eigenvalue weighted by molar-refractivity contribution is 6.78. The summed E-state index contributed by atoms with van der Waals surface area (Å²) in [5.74, 6) is -38.1. The Morgan fingerprint density at radius 2 is 0.906 bits per heavy atom. The molecule has 0 spiro atoms. The van der Waals surface area contributed by atoms with Gasteiger partial charge in [0, 0.05) is 5.02 Å². The first kappa shape index (κ1) is 28.8. The summed E-state index contributed by atoms with van der Waals surface area (Å²) in [5, 5.41) is 5.99. The highest BCUT2D eigenvalue weighted by atomic mass is 35.5. The van der Waals surface area contributed by atoms with Crippen LogP contribution in [0.2, 0.25) is 24.7 Å². The van der Waals surface area contributed by atoms with Crippen LogP contribution < -0.4 is 0 Å². The Hall–Kier alpha value is -1.22. The molecule has 1 rings (SSSR count). The molecule has 0 saturated carbocycles. The van der Waals surface area contributed by atoms with E-state index in [4.69, 9.17) is 11.6 Å². The highest BCUT2D eigenvalue weighted by Crippen LogP contribution is 2.63. The van der Waals surface area contributed by atoms with Gasteiger partial charge in [-0.2, -0.15) is 57.1 Å². The van der Waals surface area contributed by atoms with Crippen LogP contribution in [-0.4, -0.2) is 49.0 Å². The summed E-state index contributed by atoms with van der Waals surface area (Å²) >= 11 is 5.49. The van der Waals surface area contributed by atoms with Gasteiger partial charge in [-0.3, -0.25) is 0 Å². The third kappa shape index (κ3) is 3.67. The molecule has 0 radical (unpaired) electrons. The minimum atomic E-state index is -8.04. The second-order valence-corrected chi connectivity index (χ2v) is 13.5. The van der Waals surface area contributed by atoms with Crippen LogP contribution in [0.1, 0.15) is 5.56 Å². The van der Waals surface area contributed by atoms with Crippen molar-refractivity contribution in [1.82, 2.24) is 0 Å². The van der Waals surface area contributed by atoms with E-state index >= 15 is 0 Å². The molecule has 32 heavy (non-hydrogen) atoms. The van der Waals surface area contributed by atoms with Crippen molar-refractivity contribution in [2.24, 2.45) is 0 Å². The van der Waals surface area contributed by atoms with Crippen molar-refractivity contribution in [3.8, 4) is 0 Å². The third-order valence-electron chi connectivity index (χ3n) is 4.74. The van der Waals surface area contributed by atoms with E-state index in [1.165, 1.54) is 0 Å². The number of hydrogen-bond donors (Lipinski definition) is 1.